The molecule has 0 aliphatic rings. The van der Waals surface area contributed by atoms with Gasteiger partial charge < -0.3 is 9.09 Å². The van der Waals surface area contributed by atoms with Gasteiger partial charge in [0.1, 0.15) is 11.9 Å². The van der Waals surface area contributed by atoms with Gasteiger partial charge in [-0.25, -0.2) is 4.98 Å². The predicted molar refractivity (Wildman–Crippen MR) is 86.9 cm³/mol. The van der Waals surface area contributed by atoms with E-state index in [1.54, 1.807) is 11.8 Å². The molecule has 0 saturated carbocycles. The van der Waals surface area contributed by atoms with Gasteiger partial charge in [0.25, 0.3) is 0 Å². The van der Waals surface area contributed by atoms with Gasteiger partial charge in [-0.05, 0) is 25.7 Å². The highest BCUT2D eigenvalue weighted by atomic mass is 32.2. The first-order valence-electron chi connectivity index (χ1n) is 7.21. The maximum atomic E-state index is 5.37. The van der Waals surface area contributed by atoms with E-state index in [4.69, 9.17) is 4.52 Å². The Morgan fingerprint density at radius 1 is 1.32 bits per heavy atom. The minimum absolute atomic E-state index is 0.00591. The normalized spacial score (nSPS) is 12.5. The standard InChI is InChI=1S/C16H18N4OS/c1-4-13(16-18-11(2)19-21-16)20-10-9-17-15(20)12-7-5-6-8-14(12)22-3/h5-10,13H,4H2,1-3H3. The zero-order valence-corrected chi connectivity index (χ0v) is 13.7. The van der Waals surface area contributed by atoms with E-state index in [2.05, 4.69) is 45.0 Å². The number of rotatable bonds is 5. The third-order valence-electron chi connectivity index (χ3n) is 3.57. The molecule has 5 nitrogen and oxygen atoms in total. The SMILES string of the molecule is CCC(c1nc(C)no1)n1ccnc1-c1ccccc1SC. The topological polar surface area (TPSA) is 56.7 Å². The fourth-order valence-electron chi connectivity index (χ4n) is 2.54. The third kappa shape index (κ3) is 2.66. The Hall–Kier alpha value is -2.08. The molecule has 0 bridgehead atoms. The zero-order chi connectivity index (χ0) is 15.5. The van der Waals surface area contributed by atoms with Crippen molar-refractivity contribution < 1.29 is 4.52 Å². The fraction of sp³-hybridized carbons (Fsp3) is 0.312. The minimum atomic E-state index is -0.00591. The van der Waals surface area contributed by atoms with Crippen LogP contribution in [-0.2, 0) is 0 Å². The van der Waals surface area contributed by atoms with Gasteiger partial charge in [-0.15, -0.1) is 11.8 Å². The van der Waals surface area contributed by atoms with Gasteiger partial charge in [0.05, 0.1) is 0 Å². The van der Waals surface area contributed by atoms with Gasteiger partial charge in [0.2, 0.25) is 5.89 Å². The van der Waals surface area contributed by atoms with Gasteiger partial charge in [-0.2, -0.15) is 4.98 Å². The fourth-order valence-corrected chi connectivity index (χ4v) is 3.14. The Morgan fingerprint density at radius 2 is 2.14 bits per heavy atom. The highest BCUT2D eigenvalue weighted by Crippen LogP contribution is 2.32. The highest BCUT2D eigenvalue weighted by Gasteiger charge is 2.22. The van der Waals surface area contributed by atoms with Crippen LogP contribution in [-0.4, -0.2) is 25.9 Å². The van der Waals surface area contributed by atoms with Gasteiger partial charge >= 0.3 is 0 Å². The van der Waals surface area contributed by atoms with Crippen molar-refractivity contribution in [2.24, 2.45) is 0 Å². The molecule has 0 radical (unpaired) electrons. The number of aromatic nitrogens is 4. The summed E-state index contributed by atoms with van der Waals surface area (Å²) in [5.41, 5.74) is 1.12. The molecule has 3 rings (SSSR count). The van der Waals surface area contributed by atoms with Crippen molar-refractivity contribution in [2.75, 3.05) is 6.26 Å². The van der Waals surface area contributed by atoms with Crippen molar-refractivity contribution in [1.29, 1.82) is 0 Å². The Morgan fingerprint density at radius 3 is 2.82 bits per heavy atom. The average Bonchev–Trinajstić information content (AvgIpc) is 3.18. The first-order valence-corrected chi connectivity index (χ1v) is 8.43. The number of nitrogens with zero attached hydrogens (tertiary/aromatic N) is 4. The summed E-state index contributed by atoms with van der Waals surface area (Å²) in [6, 6.07) is 8.27. The molecule has 0 N–H and O–H groups in total. The van der Waals surface area contributed by atoms with Crippen LogP contribution in [0.2, 0.25) is 0 Å². The second-order valence-electron chi connectivity index (χ2n) is 4.96. The van der Waals surface area contributed by atoms with Crippen LogP contribution in [0.5, 0.6) is 0 Å². The molecule has 6 heteroatoms. The molecule has 0 aliphatic carbocycles. The first-order chi connectivity index (χ1) is 10.7. The summed E-state index contributed by atoms with van der Waals surface area (Å²) >= 11 is 1.72. The molecule has 0 spiro atoms. The van der Waals surface area contributed by atoms with Crippen LogP contribution in [0.3, 0.4) is 0 Å². The molecule has 0 amide bonds. The molecule has 1 aromatic carbocycles. The van der Waals surface area contributed by atoms with Crippen LogP contribution in [0, 0.1) is 6.92 Å². The van der Waals surface area contributed by atoms with Crippen LogP contribution < -0.4 is 0 Å². The lowest BCUT2D eigenvalue weighted by atomic mass is 10.1. The van der Waals surface area contributed by atoms with E-state index < -0.39 is 0 Å². The van der Waals surface area contributed by atoms with Crippen molar-refractivity contribution in [3.63, 3.8) is 0 Å². The number of imidazole rings is 1. The maximum absolute atomic E-state index is 5.37. The zero-order valence-electron chi connectivity index (χ0n) is 12.9. The van der Waals surface area contributed by atoms with E-state index >= 15 is 0 Å². The summed E-state index contributed by atoms with van der Waals surface area (Å²) in [5.74, 6) is 2.20. The van der Waals surface area contributed by atoms with Crippen LogP contribution in [0.1, 0.15) is 31.1 Å². The number of benzene rings is 1. The molecule has 1 unspecified atom stereocenters. The average molecular weight is 314 g/mol. The molecular formula is C16H18N4OS. The summed E-state index contributed by atoms with van der Waals surface area (Å²) in [5, 5.41) is 3.91. The quantitative estimate of drug-likeness (QED) is 0.667. The Labute approximate surface area is 133 Å². The van der Waals surface area contributed by atoms with E-state index in [9.17, 15) is 0 Å². The summed E-state index contributed by atoms with van der Waals surface area (Å²) in [6.07, 6.45) is 6.72. The Bertz CT molecular complexity index is 765. The summed E-state index contributed by atoms with van der Waals surface area (Å²) < 4.78 is 7.49. The van der Waals surface area contributed by atoms with Crippen molar-refractivity contribution in [1.82, 2.24) is 19.7 Å². The molecule has 0 aliphatic heterocycles. The molecule has 1 atom stereocenters. The van der Waals surface area contributed by atoms with Crippen molar-refractivity contribution in [3.05, 3.63) is 48.4 Å². The van der Waals surface area contributed by atoms with Crippen molar-refractivity contribution in [2.45, 2.75) is 31.2 Å². The van der Waals surface area contributed by atoms with Gasteiger partial charge in [0.15, 0.2) is 5.82 Å². The Balaban J connectivity index is 2.08. The number of hydrogen-bond donors (Lipinski definition) is 0. The highest BCUT2D eigenvalue weighted by molar-refractivity contribution is 7.98. The summed E-state index contributed by atoms with van der Waals surface area (Å²) in [4.78, 5) is 10.1. The van der Waals surface area contributed by atoms with Crippen LogP contribution in [0.4, 0.5) is 0 Å². The van der Waals surface area contributed by atoms with Gasteiger partial charge in [0, 0.05) is 22.9 Å². The third-order valence-corrected chi connectivity index (χ3v) is 4.36. The first kappa shape index (κ1) is 14.8. The smallest absolute Gasteiger partial charge is 0.249 e. The van der Waals surface area contributed by atoms with Crippen molar-refractivity contribution in [3.8, 4) is 11.4 Å². The lowest BCUT2D eigenvalue weighted by Crippen LogP contribution is -2.11. The van der Waals surface area contributed by atoms with Gasteiger partial charge in [-0.3, -0.25) is 0 Å². The molecule has 22 heavy (non-hydrogen) atoms. The molecule has 114 valence electrons. The van der Waals surface area contributed by atoms with E-state index in [0.29, 0.717) is 11.7 Å². The lowest BCUT2D eigenvalue weighted by Gasteiger charge is -2.16. The van der Waals surface area contributed by atoms with Crippen LogP contribution >= 0.6 is 11.8 Å². The monoisotopic (exact) mass is 314 g/mol. The molecule has 2 heterocycles. The molecule has 0 fully saturated rings. The predicted octanol–water partition coefficient (Wildman–Crippen LogP) is 3.96. The number of thioether (sulfide) groups is 1. The second-order valence-corrected chi connectivity index (χ2v) is 5.81. The molecule has 0 saturated heterocycles. The second kappa shape index (κ2) is 6.36. The van der Waals surface area contributed by atoms with Gasteiger partial charge in [-0.1, -0.05) is 30.3 Å². The maximum Gasteiger partial charge on any atom is 0.249 e. The number of hydrogen-bond acceptors (Lipinski definition) is 5. The lowest BCUT2D eigenvalue weighted by molar-refractivity contribution is 0.331. The molecule has 2 aromatic heterocycles. The van der Waals surface area contributed by atoms with Crippen LogP contribution in [0.25, 0.3) is 11.4 Å². The van der Waals surface area contributed by atoms with E-state index in [1.165, 1.54) is 4.90 Å². The largest absolute Gasteiger partial charge is 0.337 e. The molecule has 3 aromatic rings. The van der Waals surface area contributed by atoms with Crippen molar-refractivity contribution >= 4 is 11.8 Å². The Kier molecular flexibility index (Phi) is 4.29. The van der Waals surface area contributed by atoms with Crippen LogP contribution in [0.15, 0.2) is 46.1 Å². The minimum Gasteiger partial charge on any atom is -0.337 e. The molecular weight excluding hydrogens is 296 g/mol. The van der Waals surface area contributed by atoms with E-state index in [0.717, 1.165) is 17.8 Å². The summed E-state index contributed by atoms with van der Waals surface area (Å²) in [6.45, 7) is 3.94. The van der Waals surface area contributed by atoms with E-state index in [1.807, 2.05) is 31.5 Å². The number of aryl methyl sites for hydroxylation is 1. The van der Waals surface area contributed by atoms with E-state index in [-0.39, 0.29) is 6.04 Å². The summed E-state index contributed by atoms with van der Waals surface area (Å²) in [7, 11) is 0.